The smallest absolute Gasteiger partial charge is 0.291 e. The second-order valence-corrected chi connectivity index (χ2v) is 7.18. The summed E-state index contributed by atoms with van der Waals surface area (Å²) in [4.78, 5) is 36.6. The first-order valence-corrected chi connectivity index (χ1v) is 9.37. The summed E-state index contributed by atoms with van der Waals surface area (Å²) in [5, 5.41) is 4.33. The van der Waals surface area contributed by atoms with Crippen LogP contribution in [0.15, 0.2) is 66.2 Å². The third-order valence-corrected chi connectivity index (χ3v) is 5.59. The zero-order valence-electron chi connectivity index (χ0n) is 14.6. The molecule has 5 rings (SSSR count). The first kappa shape index (κ1) is 16.5. The molecule has 4 aromatic rings. The van der Waals surface area contributed by atoms with Crippen molar-refractivity contribution in [3.63, 3.8) is 0 Å². The van der Waals surface area contributed by atoms with Crippen molar-refractivity contribution in [1.82, 2.24) is 19.6 Å². The number of fused-ring (bicyclic) bond motifs is 2. The molecule has 3 aromatic heterocycles. The summed E-state index contributed by atoms with van der Waals surface area (Å²) >= 11 is 1.17. The Kier molecular flexibility index (Phi) is 3.66. The van der Waals surface area contributed by atoms with Crippen LogP contribution in [0.1, 0.15) is 5.56 Å². The number of hydrogen-bond acceptors (Lipinski definition) is 6. The Bertz CT molecular complexity index is 1360. The van der Waals surface area contributed by atoms with Gasteiger partial charge in [-0.2, -0.15) is 9.50 Å². The Labute approximate surface area is 162 Å². The second-order valence-electron chi connectivity index (χ2n) is 6.20. The number of nitrogens with zero attached hydrogens (tertiary/aromatic N) is 5. The summed E-state index contributed by atoms with van der Waals surface area (Å²) < 4.78 is 1.61. The zero-order chi connectivity index (χ0) is 19.3. The van der Waals surface area contributed by atoms with E-state index < -0.39 is 0 Å². The van der Waals surface area contributed by atoms with Crippen LogP contribution < -0.4 is 15.0 Å². The van der Waals surface area contributed by atoms with E-state index in [2.05, 4.69) is 21.6 Å². The molecule has 8 heteroatoms. The van der Waals surface area contributed by atoms with E-state index in [-0.39, 0.29) is 11.5 Å². The highest BCUT2D eigenvalue weighted by Crippen LogP contribution is 2.35. The van der Waals surface area contributed by atoms with E-state index in [4.69, 9.17) is 0 Å². The third-order valence-electron chi connectivity index (χ3n) is 4.56. The Morgan fingerprint density at radius 2 is 1.89 bits per heavy atom. The lowest BCUT2D eigenvalue weighted by atomic mass is 10.1. The van der Waals surface area contributed by atoms with Crippen LogP contribution >= 0.6 is 11.3 Å². The normalized spacial score (nSPS) is 15.3. The molecule has 0 atom stereocenters. The summed E-state index contributed by atoms with van der Waals surface area (Å²) in [6, 6.07) is 11.0. The maximum atomic E-state index is 13.0. The Balaban J connectivity index is 1.75. The van der Waals surface area contributed by atoms with Crippen molar-refractivity contribution < 1.29 is 4.79 Å². The Hall–Kier alpha value is -3.65. The molecule has 0 fully saturated rings. The zero-order valence-corrected chi connectivity index (χ0v) is 15.4. The summed E-state index contributed by atoms with van der Waals surface area (Å²) in [6.07, 6.45) is 4.96. The van der Waals surface area contributed by atoms with Gasteiger partial charge in [0.2, 0.25) is 4.96 Å². The SMILES string of the molecule is C=CCN1C(=O)/C(=c2\sc3nc(-c4ccncc4)nn3c2=O)c2ccccc21. The maximum absolute atomic E-state index is 13.0. The van der Waals surface area contributed by atoms with E-state index in [1.165, 1.54) is 15.9 Å². The number of carbonyl (C=O) groups is 1. The molecule has 1 amide bonds. The molecule has 1 aliphatic rings. The lowest BCUT2D eigenvalue weighted by Gasteiger charge is -2.13. The van der Waals surface area contributed by atoms with Gasteiger partial charge in [-0.1, -0.05) is 35.6 Å². The second kappa shape index (κ2) is 6.21. The number of hydrogen-bond donors (Lipinski definition) is 0. The molecule has 0 bridgehead atoms. The minimum absolute atomic E-state index is 0.211. The number of amides is 1. The molecule has 0 saturated heterocycles. The average molecular weight is 387 g/mol. The molecular formula is C20H13N5O2S. The van der Waals surface area contributed by atoms with Gasteiger partial charge in [-0.25, -0.2) is 0 Å². The van der Waals surface area contributed by atoms with Crippen molar-refractivity contribution in [1.29, 1.82) is 0 Å². The fourth-order valence-corrected chi connectivity index (χ4v) is 4.32. The standard InChI is InChI=1S/C20H13N5O2S/c1-2-11-24-14-6-4-3-5-13(14)15(18(24)26)16-19(27)25-20(28-16)22-17(23-25)12-7-9-21-10-8-12/h2-10H,1,11H2/b16-15-. The van der Waals surface area contributed by atoms with Crippen molar-refractivity contribution in [3.8, 4) is 11.4 Å². The number of benzene rings is 1. The number of para-hydroxylation sites is 1. The van der Waals surface area contributed by atoms with E-state index in [0.29, 0.717) is 27.4 Å². The van der Waals surface area contributed by atoms with Gasteiger partial charge in [0.15, 0.2) is 5.82 Å². The largest absolute Gasteiger partial charge is 0.304 e. The van der Waals surface area contributed by atoms with Crippen LogP contribution in [0.3, 0.4) is 0 Å². The van der Waals surface area contributed by atoms with Crippen LogP contribution in [0.5, 0.6) is 0 Å². The van der Waals surface area contributed by atoms with E-state index in [0.717, 1.165) is 16.8 Å². The van der Waals surface area contributed by atoms with Gasteiger partial charge < -0.3 is 4.90 Å². The molecule has 0 spiro atoms. The first-order valence-electron chi connectivity index (χ1n) is 8.55. The monoisotopic (exact) mass is 387 g/mol. The van der Waals surface area contributed by atoms with E-state index in [1.54, 1.807) is 35.5 Å². The van der Waals surface area contributed by atoms with Crippen molar-refractivity contribution in [2.45, 2.75) is 0 Å². The van der Waals surface area contributed by atoms with Crippen LogP contribution in [0, 0.1) is 0 Å². The van der Waals surface area contributed by atoms with Gasteiger partial charge in [0.25, 0.3) is 11.5 Å². The number of thiazole rings is 1. The van der Waals surface area contributed by atoms with Crippen molar-refractivity contribution in [2.75, 3.05) is 11.4 Å². The maximum Gasteiger partial charge on any atom is 0.291 e. The number of anilines is 1. The first-order chi connectivity index (χ1) is 13.7. The number of aromatic nitrogens is 4. The Morgan fingerprint density at radius 1 is 1.11 bits per heavy atom. The lowest BCUT2D eigenvalue weighted by Crippen LogP contribution is -2.32. The highest BCUT2D eigenvalue weighted by molar-refractivity contribution is 7.15. The van der Waals surface area contributed by atoms with Crippen LogP contribution in [-0.2, 0) is 4.79 Å². The van der Waals surface area contributed by atoms with Crippen LogP contribution in [0.4, 0.5) is 5.69 Å². The van der Waals surface area contributed by atoms with Gasteiger partial charge in [-0.05, 0) is 18.2 Å². The van der Waals surface area contributed by atoms with Crippen molar-refractivity contribution in [2.24, 2.45) is 0 Å². The molecule has 0 unspecified atom stereocenters. The summed E-state index contributed by atoms with van der Waals surface area (Å²) in [5.41, 5.74) is 2.35. The molecule has 0 N–H and O–H groups in total. The molecule has 28 heavy (non-hydrogen) atoms. The molecule has 136 valence electrons. The van der Waals surface area contributed by atoms with Crippen LogP contribution in [-0.4, -0.2) is 32.0 Å². The molecule has 0 saturated carbocycles. The van der Waals surface area contributed by atoms with Gasteiger partial charge in [-0.3, -0.25) is 14.6 Å². The van der Waals surface area contributed by atoms with Gasteiger partial charge >= 0.3 is 0 Å². The molecule has 0 aliphatic carbocycles. The number of rotatable bonds is 3. The molecular weight excluding hydrogens is 374 g/mol. The molecule has 0 radical (unpaired) electrons. The predicted octanol–water partition coefficient (Wildman–Crippen LogP) is 1.66. The minimum atomic E-state index is -0.341. The summed E-state index contributed by atoms with van der Waals surface area (Å²) in [7, 11) is 0. The Morgan fingerprint density at radius 3 is 2.64 bits per heavy atom. The van der Waals surface area contributed by atoms with E-state index in [1.807, 2.05) is 24.3 Å². The average Bonchev–Trinajstić information content (AvgIpc) is 3.35. The quantitative estimate of drug-likeness (QED) is 0.500. The highest BCUT2D eigenvalue weighted by Gasteiger charge is 2.33. The number of carbonyl (C=O) groups excluding carboxylic acids is 1. The molecule has 1 aliphatic heterocycles. The minimum Gasteiger partial charge on any atom is -0.304 e. The van der Waals surface area contributed by atoms with Crippen LogP contribution in [0.2, 0.25) is 0 Å². The van der Waals surface area contributed by atoms with Gasteiger partial charge in [0.1, 0.15) is 4.53 Å². The van der Waals surface area contributed by atoms with Crippen molar-refractivity contribution in [3.05, 3.63) is 81.9 Å². The van der Waals surface area contributed by atoms with E-state index >= 15 is 0 Å². The summed E-state index contributed by atoms with van der Waals surface area (Å²) in [5.74, 6) is 0.241. The fourth-order valence-electron chi connectivity index (χ4n) is 3.32. The molecule has 4 heterocycles. The van der Waals surface area contributed by atoms with Crippen molar-refractivity contribution >= 4 is 33.5 Å². The van der Waals surface area contributed by atoms with Gasteiger partial charge in [0, 0.05) is 30.1 Å². The molecule has 7 nitrogen and oxygen atoms in total. The topological polar surface area (TPSA) is 80.5 Å². The summed E-state index contributed by atoms with van der Waals surface area (Å²) in [6.45, 7) is 4.10. The van der Waals surface area contributed by atoms with Gasteiger partial charge in [-0.15, -0.1) is 11.7 Å². The third kappa shape index (κ3) is 2.31. The van der Waals surface area contributed by atoms with E-state index in [9.17, 15) is 9.59 Å². The van der Waals surface area contributed by atoms with Crippen LogP contribution in [0.25, 0.3) is 21.9 Å². The predicted molar refractivity (Wildman–Crippen MR) is 107 cm³/mol. The lowest BCUT2D eigenvalue weighted by molar-refractivity contribution is -0.112. The highest BCUT2D eigenvalue weighted by atomic mass is 32.1. The fraction of sp³-hybridized carbons (Fsp3) is 0.0500. The molecule has 1 aromatic carbocycles. The van der Waals surface area contributed by atoms with Gasteiger partial charge in [0.05, 0.1) is 11.3 Å². The number of pyridine rings is 1.